The number of rotatable bonds is 4. The predicted octanol–water partition coefficient (Wildman–Crippen LogP) is 3.13. The molecule has 1 N–H and O–H groups in total. The molecule has 1 aliphatic rings. The third-order valence-electron chi connectivity index (χ3n) is 4.07. The van der Waals surface area contributed by atoms with Crippen LogP contribution in [0.15, 0.2) is 66.3 Å². The highest BCUT2D eigenvalue weighted by atomic mass is 16.6. The molecule has 2 aromatic rings. The summed E-state index contributed by atoms with van der Waals surface area (Å²) in [6.07, 6.45) is 4.00. The number of benzene rings is 2. The van der Waals surface area contributed by atoms with Crippen molar-refractivity contribution in [1.82, 2.24) is 5.32 Å². The summed E-state index contributed by atoms with van der Waals surface area (Å²) < 4.78 is 0. The lowest BCUT2D eigenvalue weighted by Gasteiger charge is -2.26. The number of hydrogen-bond donors (Lipinski definition) is 1. The number of urea groups is 1. The lowest BCUT2D eigenvalue weighted by atomic mass is 10.1. The number of nitrogens with zero attached hydrogens (tertiary/aromatic N) is 2. The molecule has 8 nitrogen and oxygen atoms in total. The Balaban J connectivity index is 1.91. The van der Waals surface area contributed by atoms with Crippen molar-refractivity contribution in [3.63, 3.8) is 0 Å². The van der Waals surface area contributed by atoms with Crippen LogP contribution < -0.4 is 10.2 Å². The van der Waals surface area contributed by atoms with E-state index in [0.29, 0.717) is 11.3 Å². The van der Waals surface area contributed by atoms with Crippen LogP contribution in [0, 0.1) is 17.0 Å². The van der Waals surface area contributed by atoms with Crippen LogP contribution in [0.25, 0.3) is 6.08 Å². The van der Waals surface area contributed by atoms with Crippen LogP contribution in [0.3, 0.4) is 0 Å². The van der Waals surface area contributed by atoms with E-state index in [2.05, 4.69) is 5.32 Å². The van der Waals surface area contributed by atoms with Crippen LogP contribution in [0.2, 0.25) is 0 Å². The van der Waals surface area contributed by atoms with E-state index in [1.807, 2.05) is 6.92 Å². The van der Waals surface area contributed by atoms with Crippen molar-refractivity contribution in [3.05, 3.63) is 87.5 Å². The zero-order valence-corrected chi connectivity index (χ0v) is 14.8. The fraction of sp³-hybridized carbons (Fsp3) is 0.0500. The molecule has 1 aliphatic heterocycles. The maximum Gasteiger partial charge on any atom is 0.335 e. The number of barbiturate groups is 1. The molecule has 1 fully saturated rings. The van der Waals surface area contributed by atoms with Gasteiger partial charge in [-0.1, -0.05) is 35.9 Å². The summed E-state index contributed by atoms with van der Waals surface area (Å²) in [5.74, 6) is -1.60. The van der Waals surface area contributed by atoms with Gasteiger partial charge in [-0.2, -0.15) is 0 Å². The number of hydrogen-bond acceptors (Lipinski definition) is 5. The van der Waals surface area contributed by atoms with Gasteiger partial charge in [0.05, 0.1) is 16.2 Å². The number of nitro benzene ring substituents is 1. The molecule has 0 saturated carbocycles. The Morgan fingerprint density at radius 3 is 2.39 bits per heavy atom. The second-order valence-electron chi connectivity index (χ2n) is 5.99. The first-order valence-electron chi connectivity index (χ1n) is 8.26. The van der Waals surface area contributed by atoms with Crippen LogP contribution >= 0.6 is 0 Å². The van der Waals surface area contributed by atoms with Crippen molar-refractivity contribution in [2.45, 2.75) is 6.92 Å². The second-order valence-corrected chi connectivity index (χ2v) is 5.99. The monoisotopic (exact) mass is 377 g/mol. The summed E-state index contributed by atoms with van der Waals surface area (Å²) in [5, 5.41) is 13.2. The number of carbonyl (C=O) groups is 3. The zero-order chi connectivity index (χ0) is 20.3. The smallest absolute Gasteiger partial charge is 0.273 e. The lowest BCUT2D eigenvalue weighted by Crippen LogP contribution is -2.54. The molecule has 0 atom stereocenters. The van der Waals surface area contributed by atoms with Gasteiger partial charge in [0.2, 0.25) is 0 Å². The Morgan fingerprint density at radius 2 is 1.71 bits per heavy atom. The summed E-state index contributed by atoms with van der Waals surface area (Å²) in [6.45, 7) is 1.87. The Hall–Kier alpha value is -4.07. The Morgan fingerprint density at radius 1 is 1.04 bits per heavy atom. The fourth-order valence-electron chi connectivity index (χ4n) is 2.65. The van der Waals surface area contributed by atoms with Crippen molar-refractivity contribution in [2.75, 3.05) is 4.90 Å². The summed E-state index contributed by atoms with van der Waals surface area (Å²) in [7, 11) is 0. The molecule has 4 amide bonds. The van der Waals surface area contributed by atoms with Crippen LogP contribution in [-0.2, 0) is 9.59 Å². The predicted molar refractivity (Wildman–Crippen MR) is 102 cm³/mol. The highest BCUT2D eigenvalue weighted by molar-refractivity contribution is 6.37. The van der Waals surface area contributed by atoms with Gasteiger partial charge in [0.15, 0.2) is 0 Å². The van der Waals surface area contributed by atoms with E-state index >= 15 is 0 Å². The van der Waals surface area contributed by atoms with E-state index in [9.17, 15) is 24.5 Å². The Bertz CT molecular complexity index is 1040. The van der Waals surface area contributed by atoms with Gasteiger partial charge in [-0.15, -0.1) is 0 Å². The highest BCUT2D eigenvalue weighted by Gasteiger charge is 2.36. The molecule has 0 bridgehead atoms. The van der Waals surface area contributed by atoms with Gasteiger partial charge < -0.3 is 0 Å². The van der Waals surface area contributed by atoms with E-state index in [1.54, 1.807) is 30.3 Å². The van der Waals surface area contributed by atoms with Gasteiger partial charge in [0.25, 0.3) is 17.5 Å². The summed E-state index contributed by atoms with van der Waals surface area (Å²) in [4.78, 5) is 48.3. The molecular formula is C20H15N3O5. The molecular weight excluding hydrogens is 362 g/mol. The van der Waals surface area contributed by atoms with Crippen LogP contribution in [0.5, 0.6) is 0 Å². The normalized spacial score (nSPS) is 16.0. The molecule has 0 radical (unpaired) electrons. The average Bonchev–Trinajstić information content (AvgIpc) is 2.66. The van der Waals surface area contributed by atoms with Crippen molar-refractivity contribution in [2.24, 2.45) is 0 Å². The maximum absolute atomic E-state index is 12.7. The third kappa shape index (κ3) is 3.70. The first-order valence-corrected chi connectivity index (χ1v) is 8.26. The average molecular weight is 377 g/mol. The second kappa shape index (κ2) is 7.67. The minimum Gasteiger partial charge on any atom is -0.273 e. The number of nitrogens with one attached hydrogen (secondary N) is 1. The Labute approximate surface area is 159 Å². The summed E-state index contributed by atoms with van der Waals surface area (Å²) in [6, 6.07) is 11.9. The highest BCUT2D eigenvalue weighted by Crippen LogP contribution is 2.22. The number of imide groups is 2. The van der Waals surface area contributed by atoms with Crippen molar-refractivity contribution in [1.29, 1.82) is 0 Å². The van der Waals surface area contributed by atoms with Gasteiger partial charge in [-0.05, 0) is 37.3 Å². The molecule has 3 rings (SSSR count). The van der Waals surface area contributed by atoms with E-state index in [4.69, 9.17) is 0 Å². The molecule has 140 valence electrons. The molecule has 0 aliphatic carbocycles. The van der Waals surface area contributed by atoms with E-state index in [0.717, 1.165) is 10.5 Å². The lowest BCUT2D eigenvalue weighted by molar-refractivity contribution is -0.385. The number of aryl methyl sites for hydroxylation is 1. The number of carbonyl (C=O) groups excluding carboxylic acids is 3. The molecule has 1 heterocycles. The van der Waals surface area contributed by atoms with Crippen LogP contribution in [0.4, 0.5) is 16.2 Å². The molecule has 0 spiro atoms. The Kier molecular flexibility index (Phi) is 5.12. The SMILES string of the molecule is Cc1ccc(N2C(=O)NC(=O)C(=CC=Cc3ccccc3[N+](=O)[O-])C2=O)cc1. The van der Waals surface area contributed by atoms with E-state index in [-0.39, 0.29) is 11.3 Å². The number of nitro groups is 1. The van der Waals surface area contributed by atoms with Crippen molar-refractivity contribution in [3.8, 4) is 0 Å². The minimum atomic E-state index is -0.835. The number of anilines is 1. The molecule has 0 aromatic heterocycles. The molecule has 1 saturated heterocycles. The van der Waals surface area contributed by atoms with E-state index in [1.165, 1.54) is 36.4 Å². The van der Waals surface area contributed by atoms with Gasteiger partial charge >= 0.3 is 6.03 Å². The van der Waals surface area contributed by atoms with Crippen molar-refractivity contribution < 1.29 is 19.3 Å². The van der Waals surface area contributed by atoms with Gasteiger partial charge in [0, 0.05) is 6.07 Å². The van der Waals surface area contributed by atoms with Crippen molar-refractivity contribution >= 4 is 35.3 Å². The summed E-state index contributed by atoms with van der Waals surface area (Å²) >= 11 is 0. The first kappa shape index (κ1) is 18.7. The van der Waals surface area contributed by atoms with Gasteiger partial charge in [-0.25, -0.2) is 9.69 Å². The third-order valence-corrected chi connectivity index (χ3v) is 4.07. The largest absolute Gasteiger partial charge is 0.335 e. The molecule has 0 unspecified atom stereocenters. The number of para-hydroxylation sites is 1. The minimum absolute atomic E-state index is 0.104. The zero-order valence-electron chi connectivity index (χ0n) is 14.8. The first-order chi connectivity index (χ1) is 13.4. The van der Waals surface area contributed by atoms with Gasteiger partial charge in [0.1, 0.15) is 5.57 Å². The maximum atomic E-state index is 12.7. The van der Waals surface area contributed by atoms with Crippen LogP contribution in [0.1, 0.15) is 11.1 Å². The molecule has 8 heteroatoms. The number of amides is 4. The molecule has 2 aromatic carbocycles. The standard InChI is InChI=1S/C20H15N3O5/c1-13-9-11-15(12-10-13)22-19(25)16(18(24)21-20(22)26)7-4-6-14-5-2-3-8-17(14)23(27)28/h2-12H,1H3,(H,21,24,26). The van der Waals surface area contributed by atoms with Gasteiger partial charge in [-0.3, -0.25) is 25.0 Å². The molecule has 28 heavy (non-hydrogen) atoms. The fourth-order valence-corrected chi connectivity index (χ4v) is 2.65. The van der Waals surface area contributed by atoms with Crippen LogP contribution in [-0.4, -0.2) is 22.8 Å². The topological polar surface area (TPSA) is 110 Å². The number of allylic oxidation sites excluding steroid dienone is 2. The quantitative estimate of drug-likeness (QED) is 0.381. The van der Waals surface area contributed by atoms with E-state index < -0.39 is 22.8 Å². The summed E-state index contributed by atoms with van der Waals surface area (Å²) in [5.41, 5.74) is 1.24.